The van der Waals surface area contributed by atoms with Gasteiger partial charge in [0.1, 0.15) is 5.60 Å². The highest BCUT2D eigenvalue weighted by molar-refractivity contribution is 9.10. The van der Waals surface area contributed by atoms with Gasteiger partial charge in [0.2, 0.25) is 0 Å². The Morgan fingerprint density at radius 3 is 2.41 bits per heavy atom. The van der Waals surface area contributed by atoms with Crippen molar-refractivity contribution in [2.45, 2.75) is 71.1 Å². The molecule has 3 rings (SSSR count). The fourth-order valence-corrected chi connectivity index (χ4v) is 4.01. The second kappa shape index (κ2) is 8.69. The minimum atomic E-state index is -0.497. The van der Waals surface area contributed by atoms with Gasteiger partial charge in [-0.3, -0.25) is 9.78 Å². The number of nitrogens with one attached hydrogen (secondary N) is 2. The van der Waals surface area contributed by atoms with E-state index >= 15 is 0 Å². The third-order valence-electron chi connectivity index (χ3n) is 5.01. The van der Waals surface area contributed by atoms with E-state index in [0.29, 0.717) is 5.56 Å². The first-order valence-electron chi connectivity index (χ1n) is 9.97. The van der Waals surface area contributed by atoms with E-state index in [1.807, 2.05) is 39.0 Å². The Morgan fingerprint density at radius 2 is 1.79 bits per heavy atom. The van der Waals surface area contributed by atoms with Crippen LogP contribution in [0.3, 0.4) is 0 Å². The molecule has 0 saturated heterocycles. The monoisotopic (exact) mass is 461 g/mol. The molecule has 7 heteroatoms. The van der Waals surface area contributed by atoms with Gasteiger partial charge < -0.3 is 15.4 Å². The Balaban J connectivity index is 1.70. The number of ether oxygens (including phenoxy) is 1. The molecule has 156 valence electrons. The van der Waals surface area contributed by atoms with Gasteiger partial charge in [-0.15, -0.1) is 0 Å². The number of carbonyl (C=O) groups excluding carboxylic acids is 2. The van der Waals surface area contributed by atoms with Crippen LogP contribution in [0.5, 0.6) is 0 Å². The van der Waals surface area contributed by atoms with E-state index in [2.05, 4.69) is 31.5 Å². The lowest BCUT2D eigenvalue weighted by Crippen LogP contribution is -2.42. The van der Waals surface area contributed by atoms with Crippen LogP contribution in [0.2, 0.25) is 0 Å². The number of ketones is 1. The topological polar surface area (TPSA) is 80.3 Å². The van der Waals surface area contributed by atoms with Crippen molar-refractivity contribution in [3.05, 3.63) is 34.4 Å². The lowest BCUT2D eigenvalue weighted by Gasteiger charge is -2.31. The maximum absolute atomic E-state index is 12.2. The minimum Gasteiger partial charge on any atom is -0.444 e. The summed E-state index contributed by atoms with van der Waals surface area (Å²) < 4.78 is 6.30. The van der Waals surface area contributed by atoms with Gasteiger partial charge in [-0.1, -0.05) is 15.9 Å². The van der Waals surface area contributed by atoms with Crippen molar-refractivity contribution in [1.82, 2.24) is 10.3 Å². The summed E-state index contributed by atoms with van der Waals surface area (Å²) in [6, 6.07) is 6.22. The molecule has 1 fully saturated rings. The summed E-state index contributed by atoms with van der Waals surface area (Å²) in [6.07, 6.45) is 4.80. The molecule has 1 aliphatic rings. The molecule has 2 N–H and O–H groups in total. The van der Waals surface area contributed by atoms with E-state index in [9.17, 15) is 9.59 Å². The molecule has 0 spiro atoms. The lowest BCUT2D eigenvalue weighted by molar-refractivity contribution is 0.0492. The molecule has 29 heavy (non-hydrogen) atoms. The number of hydrogen-bond acceptors (Lipinski definition) is 5. The first-order valence-corrected chi connectivity index (χ1v) is 10.8. The molecular formula is C22H28BrN3O3. The zero-order valence-electron chi connectivity index (χ0n) is 17.3. The molecule has 0 bridgehead atoms. The number of rotatable bonds is 4. The summed E-state index contributed by atoms with van der Waals surface area (Å²) in [5, 5.41) is 7.49. The SMILES string of the molecule is CC(=O)c1cnc2ccc(Br)cc2c1N[C@H]1CC[C@H](NC(=O)OC(C)(C)C)CC1. The molecule has 0 radical (unpaired) electrons. The van der Waals surface area contributed by atoms with Crippen molar-refractivity contribution in [1.29, 1.82) is 0 Å². The van der Waals surface area contributed by atoms with Gasteiger partial charge in [-0.2, -0.15) is 0 Å². The van der Waals surface area contributed by atoms with E-state index in [4.69, 9.17) is 4.74 Å². The number of pyridine rings is 1. The van der Waals surface area contributed by atoms with Crippen LogP contribution in [0.1, 0.15) is 63.7 Å². The van der Waals surface area contributed by atoms with Crippen LogP contribution in [0.4, 0.5) is 10.5 Å². The predicted molar refractivity (Wildman–Crippen MR) is 118 cm³/mol. The van der Waals surface area contributed by atoms with Crippen LogP contribution in [0.25, 0.3) is 10.9 Å². The highest BCUT2D eigenvalue weighted by Gasteiger charge is 2.26. The summed E-state index contributed by atoms with van der Waals surface area (Å²) in [4.78, 5) is 28.6. The third kappa shape index (κ3) is 5.69. The Labute approximate surface area is 179 Å². The minimum absolute atomic E-state index is 0.0119. The Hall–Kier alpha value is -2.15. The van der Waals surface area contributed by atoms with E-state index in [0.717, 1.165) is 46.7 Å². The number of alkyl carbamates (subject to hydrolysis) is 1. The van der Waals surface area contributed by atoms with Crippen LogP contribution >= 0.6 is 15.9 Å². The summed E-state index contributed by atoms with van der Waals surface area (Å²) in [5.41, 5.74) is 1.79. The van der Waals surface area contributed by atoms with Gasteiger partial charge in [0, 0.05) is 28.1 Å². The van der Waals surface area contributed by atoms with E-state index < -0.39 is 5.60 Å². The summed E-state index contributed by atoms with van der Waals surface area (Å²) in [6.45, 7) is 7.14. The quantitative estimate of drug-likeness (QED) is 0.591. The number of Topliss-reactive ketones (excluding diaryl/α,β-unsaturated/α-hetero) is 1. The average Bonchev–Trinajstić information content (AvgIpc) is 2.62. The van der Waals surface area contributed by atoms with Crippen LogP contribution < -0.4 is 10.6 Å². The Morgan fingerprint density at radius 1 is 1.14 bits per heavy atom. The number of benzene rings is 1. The highest BCUT2D eigenvalue weighted by Crippen LogP contribution is 2.32. The van der Waals surface area contributed by atoms with Crippen molar-refractivity contribution >= 4 is 44.4 Å². The number of aromatic nitrogens is 1. The molecule has 0 unspecified atom stereocenters. The van der Waals surface area contributed by atoms with Crippen molar-refractivity contribution in [3.8, 4) is 0 Å². The van der Waals surface area contributed by atoms with Crippen LogP contribution in [0.15, 0.2) is 28.9 Å². The van der Waals surface area contributed by atoms with Gasteiger partial charge >= 0.3 is 6.09 Å². The second-order valence-corrected chi connectivity index (χ2v) is 9.52. The molecule has 6 nitrogen and oxygen atoms in total. The summed E-state index contributed by atoms with van der Waals surface area (Å²) >= 11 is 3.51. The van der Waals surface area contributed by atoms with Crippen LogP contribution in [0, 0.1) is 0 Å². The summed E-state index contributed by atoms with van der Waals surface area (Å²) in [5.74, 6) is -0.0119. The molecule has 0 atom stereocenters. The number of nitrogens with zero attached hydrogens (tertiary/aromatic N) is 1. The first kappa shape index (κ1) is 21.6. The van der Waals surface area contributed by atoms with Crippen molar-refractivity contribution in [2.24, 2.45) is 0 Å². The van der Waals surface area contributed by atoms with Gasteiger partial charge in [-0.25, -0.2) is 4.79 Å². The first-order chi connectivity index (χ1) is 13.6. The van der Waals surface area contributed by atoms with Crippen LogP contribution in [-0.2, 0) is 4.74 Å². The smallest absolute Gasteiger partial charge is 0.407 e. The molecule has 1 aromatic carbocycles. The number of carbonyl (C=O) groups is 2. The Kier molecular flexibility index (Phi) is 6.46. The number of amides is 1. The molecule has 1 aromatic heterocycles. The van der Waals surface area contributed by atoms with E-state index in [1.165, 1.54) is 0 Å². The fraction of sp³-hybridized carbons (Fsp3) is 0.500. The van der Waals surface area contributed by atoms with Crippen molar-refractivity contribution in [3.63, 3.8) is 0 Å². The van der Waals surface area contributed by atoms with Crippen molar-refractivity contribution < 1.29 is 14.3 Å². The van der Waals surface area contributed by atoms with E-state index in [-0.39, 0.29) is 24.0 Å². The highest BCUT2D eigenvalue weighted by atomic mass is 79.9. The largest absolute Gasteiger partial charge is 0.444 e. The zero-order valence-corrected chi connectivity index (χ0v) is 18.9. The molecule has 1 saturated carbocycles. The van der Waals surface area contributed by atoms with Gasteiger partial charge in [0.15, 0.2) is 5.78 Å². The predicted octanol–water partition coefficient (Wildman–Crippen LogP) is 5.45. The standard InChI is InChI=1S/C22H28BrN3O3/c1-13(27)18-12-24-19-10-5-14(23)11-17(19)20(18)25-15-6-8-16(9-7-15)26-21(28)29-22(2,3)4/h5,10-12,15-16H,6-9H2,1-4H3,(H,24,25)(H,26,28)/t15-,16-. The third-order valence-corrected chi connectivity index (χ3v) is 5.50. The normalized spacial score (nSPS) is 19.6. The maximum atomic E-state index is 12.2. The van der Waals surface area contributed by atoms with E-state index in [1.54, 1.807) is 13.1 Å². The van der Waals surface area contributed by atoms with Crippen molar-refractivity contribution in [2.75, 3.05) is 5.32 Å². The van der Waals surface area contributed by atoms with Gasteiger partial charge in [0.05, 0.1) is 16.8 Å². The molecule has 0 aliphatic heterocycles. The zero-order chi connectivity index (χ0) is 21.2. The molecule has 2 aromatic rings. The van der Waals surface area contributed by atoms with Crippen LogP contribution in [-0.4, -0.2) is 34.5 Å². The number of anilines is 1. The lowest BCUT2D eigenvalue weighted by atomic mass is 9.90. The Bertz CT molecular complexity index is 915. The average molecular weight is 462 g/mol. The number of hydrogen-bond donors (Lipinski definition) is 2. The number of fused-ring (bicyclic) bond motifs is 1. The second-order valence-electron chi connectivity index (χ2n) is 8.60. The fourth-order valence-electron chi connectivity index (χ4n) is 3.65. The maximum Gasteiger partial charge on any atom is 0.407 e. The van der Waals surface area contributed by atoms with Gasteiger partial charge in [-0.05, 0) is 71.6 Å². The summed E-state index contributed by atoms with van der Waals surface area (Å²) in [7, 11) is 0. The molecule has 1 aliphatic carbocycles. The van der Waals surface area contributed by atoms with Gasteiger partial charge in [0.25, 0.3) is 0 Å². The number of halogens is 1. The molecule has 1 amide bonds. The molecule has 1 heterocycles. The molecular weight excluding hydrogens is 434 g/mol.